The number of carboxylic acids is 1. The highest BCUT2D eigenvalue weighted by Crippen LogP contribution is 2.25. The number of carbonyl (C=O) groups is 2. The van der Waals surface area contributed by atoms with Crippen LogP contribution in [0.15, 0.2) is 42.6 Å². The highest BCUT2D eigenvalue weighted by molar-refractivity contribution is 5.92. The van der Waals surface area contributed by atoms with Crippen molar-refractivity contribution in [3.05, 3.63) is 48.3 Å². The minimum atomic E-state index is -0.787. The molecule has 0 unspecified atom stereocenters. The Morgan fingerprint density at radius 3 is 2.64 bits per heavy atom. The number of carbonyl (C=O) groups excluding carboxylic acids is 1. The van der Waals surface area contributed by atoms with Gasteiger partial charge in [0, 0.05) is 12.2 Å². The van der Waals surface area contributed by atoms with Crippen LogP contribution in [-0.4, -0.2) is 32.8 Å². The highest BCUT2D eigenvalue weighted by Gasteiger charge is 2.30. The monoisotopic (exact) mass is 299 g/mol. The van der Waals surface area contributed by atoms with Crippen molar-refractivity contribution in [1.29, 1.82) is 0 Å². The molecular weight excluding hydrogens is 282 g/mol. The summed E-state index contributed by atoms with van der Waals surface area (Å²) in [5.74, 6) is -1.40. The van der Waals surface area contributed by atoms with Crippen molar-refractivity contribution in [2.24, 2.45) is 5.92 Å². The maximum absolute atomic E-state index is 12.2. The number of nitrogens with one attached hydrogen (secondary N) is 1. The van der Waals surface area contributed by atoms with Crippen molar-refractivity contribution in [3.8, 4) is 5.69 Å². The van der Waals surface area contributed by atoms with E-state index in [2.05, 4.69) is 10.4 Å². The first kappa shape index (κ1) is 14.3. The van der Waals surface area contributed by atoms with Crippen LogP contribution in [0.4, 0.5) is 0 Å². The lowest BCUT2D eigenvalue weighted by molar-refractivity contribution is -0.141. The number of rotatable bonds is 4. The summed E-state index contributed by atoms with van der Waals surface area (Å²) in [6, 6.07) is 11.1. The molecule has 1 heterocycles. The van der Waals surface area contributed by atoms with Gasteiger partial charge in [-0.3, -0.25) is 9.59 Å². The summed E-state index contributed by atoms with van der Waals surface area (Å²) >= 11 is 0. The first-order valence-electron chi connectivity index (χ1n) is 7.28. The van der Waals surface area contributed by atoms with E-state index in [9.17, 15) is 9.59 Å². The predicted molar refractivity (Wildman–Crippen MR) is 79.8 cm³/mol. The molecule has 1 aliphatic carbocycles. The van der Waals surface area contributed by atoms with Gasteiger partial charge >= 0.3 is 5.97 Å². The molecule has 22 heavy (non-hydrogen) atoms. The van der Waals surface area contributed by atoms with E-state index in [1.165, 1.54) is 0 Å². The number of hydrogen-bond donors (Lipinski definition) is 2. The van der Waals surface area contributed by atoms with E-state index < -0.39 is 5.97 Å². The second-order valence-corrected chi connectivity index (χ2v) is 5.50. The minimum absolute atomic E-state index is 0.0875. The lowest BCUT2D eigenvalue weighted by atomic mass is 10.1. The largest absolute Gasteiger partial charge is 0.481 e. The van der Waals surface area contributed by atoms with Gasteiger partial charge < -0.3 is 10.4 Å². The number of carboxylic acid groups (broad SMARTS) is 1. The van der Waals surface area contributed by atoms with Gasteiger partial charge in [0.1, 0.15) is 0 Å². The van der Waals surface area contributed by atoms with E-state index in [1.54, 1.807) is 16.9 Å². The maximum atomic E-state index is 12.2. The van der Waals surface area contributed by atoms with Gasteiger partial charge in [-0.05, 0) is 37.5 Å². The van der Waals surface area contributed by atoms with Crippen LogP contribution in [0.2, 0.25) is 0 Å². The molecule has 0 saturated heterocycles. The lowest BCUT2D eigenvalue weighted by Gasteiger charge is -2.11. The summed E-state index contributed by atoms with van der Waals surface area (Å²) in [6.07, 6.45) is 3.53. The van der Waals surface area contributed by atoms with Crippen LogP contribution >= 0.6 is 0 Å². The van der Waals surface area contributed by atoms with Gasteiger partial charge in [-0.2, -0.15) is 5.10 Å². The smallest absolute Gasteiger partial charge is 0.306 e. The van der Waals surface area contributed by atoms with E-state index in [1.807, 2.05) is 30.3 Å². The fourth-order valence-electron chi connectivity index (χ4n) is 2.77. The number of aromatic nitrogens is 2. The molecule has 2 aromatic rings. The first-order valence-corrected chi connectivity index (χ1v) is 7.28. The number of amides is 1. The zero-order valence-electron chi connectivity index (χ0n) is 12.0. The molecule has 0 bridgehead atoms. The van der Waals surface area contributed by atoms with Gasteiger partial charge in [0.2, 0.25) is 0 Å². The third-order valence-corrected chi connectivity index (χ3v) is 3.96. The average molecular weight is 299 g/mol. The van der Waals surface area contributed by atoms with Crippen LogP contribution in [0.1, 0.15) is 29.8 Å². The topological polar surface area (TPSA) is 84.2 Å². The fourth-order valence-corrected chi connectivity index (χ4v) is 2.77. The Bertz CT molecular complexity index is 681. The van der Waals surface area contributed by atoms with Gasteiger partial charge in [-0.15, -0.1) is 0 Å². The van der Waals surface area contributed by atoms with Gasteiger partial charge in [0.05, 0.1) is 11.6 Å². The Labute approximate surface area is 127 Å². The molecule has 1 aromatic carbocycles. The summed E-state index contributed by atoms with van der Waals surface area (Å²) in [7, 11) is 0. The third-order valence-electron chi connectivity index (χ3n) is 3.96. The Balaban J connectivity index is 1.64. The molecule has 1 amide bonds. The Morgan fingerprint density at radius 2 is 1.95 bits per heavy atom. The molecule has 0 radical (unpaired) electrons. The lowest BCUT2D eigenvalue weighted by Crippen LogP contribution is -2.33. The van der Waals surface area contributed by atoms with Crippen LogP contribution in [0, 0.1) is 5.92 Å². The molecule has 1 saturated carbocycles. The van der Waals surface area contributed by atoms with E-state index in [0.29, 0.717) is 25.0 Å². The van der Waals surface area contributed by atoms with Crippen molar-refractivity contribution < 1.29 is 14.7 Å². The Kier molecular flexibility index (Phi) is 3.91. The predicted octanol–water partition coefficient (Wildman–Crippen LogP) is 1.86. The van der Waals surface area contributed by atoms with Crippen LogP contribution in [-0.2, 0) is 4.79 Å². The SMILES string of the molecule is O=C(N[C@@H]1CC[C@H](C(=O)O)C1)c1ccn(-c2ccccc2)n1. The maximum Gasteiger partial charge on any atom is 0.306 e. The van der Waals surface area contributed by atoms with Crippen LogP contribution < -0.4 is 5.32 Å². The summed E-state index contributed by atoms with van der Waals surface area (Å²) in [5.41, 5.74) is 1.22. The molecule has 1 aliphatic rings. The summed E-state index contributed by atoms with van der Waals surface area (Å²) in [5, 5.41) is 16.1. The molecule has 6 heteroatoms. The van der Waals surface area contributed by atoms with Gasteiger partial charge in [-0.1, -0.05) is 18.2 Å². The molecule has 3 rings (SSSR count). The molecule has 114 valence electrons. The first-order chi connectivity index (χ1) is 10.6. The van der Waals surface area contributed by atoms with Crippen LogP contribution in [0.3, 0.4) is 0 Å². The summed E-state index contributed by atoms with van der Waals surface area (Å²) < 4.78 is 1.64. The normalized spacial score (nSPS) is 20.7. The summed E-state index contributed by atoms with van der Waals surface area (Å²) in [6.45, 7) is 0. The Hall–Kier alpha value is -2.63. The molecule has 0 spiro atoms. The van der Waals surface area contributed by atoms with Gasteiger partial charge in [0.15, 0.2) is 5.69 Å². The Morgan fingerprint density at radius 1 is 1.18 bits per heavy atom. The zero-order chi connectivity index (χ0) is 15.5. The van der Waals surface area contributed by atoms with E-state index in [-0.39, 0.29) is 17.9 Å². The molecular formula is C16H17N3O3. The van der Waals surface area contributed by atoms with E-state index in [4.69, 9.17) is 5.11 Å². The third kappa shape index (κ3) is 3.00. The number of nitrogens with zero attached hydrogens (tertiary/aromatic N) is 2. The molecule has 1 fully saturated rings. The van der Waals surface area contributed by atoms with Gasteiger partial charge in [-0.25, -0.2) is 4.68 Å². The fraction of sp³-hybridized carbons (Fsp3) is 0.312. The molecule has 2 N–H and O–H groups in total. The van der Waals surface area contributed by atoms with E-state index in [0.717, 1.165) is 5.69 Å². The molecule has 1 aromatic heterocycles. The minimum Gasteiger partial charge on any atom is -0.481 e. The standard InChI is InChI=1S/C16H17N3O3/c20-15(17-12-7-6-11(10-12)16(21)22)14-8-9-19(18-14)13-4-2-1-3-5-13/h1-5,8-9,11-12H,6-7,10H2,(H,17,20)(H,21,22)/t11-,12+/m0/s1. The van der Waals surface area contributed by atoms with Crippen molar-refractivity contribution in [1.82, 2.24) is 15.1 Å². The molecule has 0 aliphatic heterocycles. The van der Waals surface area contributed by atoms with Crippen LogP contribution in [0.25, 0.3) is 5.69 Å². The average Bonchev–Trinajstić information content (AvgIpc) is 3.17. The van der Waals surface area contributed by atoms with Crippen molar-refractivity contribution in [2.45, 2.75) is 25.3 Å². The quantitative estimate of drug-likeness (QED) is 0.902. The number of aliphatic carboxylic acids is 1. The van der Waals surface area contributed by atoms with Crippen molar-refractivity contribution in [3.63, 3.8) is 0 Å². The molecule has 2 atom stereocenters. The zero-order valence-corrected chi connectivity index (χ0v) is 12.0. The highest BCUT2D eigenvalue weighted by atomic mass is 16.4. The second-order valence-electron chi connectivity index (χ2n) is 5.50. The number of para-hydroxylation sites is 1. The molecule has 6 nitrogen and oxygen atoms in total. The number of benzene rings is 1. The van der Waals surface area contributed by atoms with Crippen molar-refractivity contribution in [2.75, 3.05) is 0 Å². The second kappa shape index (κ2) is 6.01. The van der Waals surface area contributed by atoms with E-state index >= 15 is 0 Å². The summed E-state index contributed by atoms with van der Waals surface area (Å²) in [4.78, 5) is 23.1. The number of hydrogen-bond acceptors (Lipinski definition) is 3. The van der Waals surface area contributed by atoms with Crippen molar-refractivity contribution >= 4 is 11.9 Å². The van der Waals surface area contributed by atoms with Crippen LogP contribution in [0.5, 0.6) is 0 Å². The van der Waals surface area contributed by atoms with Gasteiger partial charge in [0.25, 0.3) is 5.91 Å².